The molecular formula is C31H41FN4O7. The third-order valence-electron chi connectivity index (χ3n) is 9.79. The Hall–Kier alpha value is -3.48. The Bertz CT molecular complexity index is 1430. The summed E-state index contributed by atoms with van der Waals surface area (Å²) in [6, 6.07) is 0.835. The summed E-state index contributed by atoms with van der Waals surface area (Å²) in [7, 11) is 3.20. The van der Waals surface area contributed by atoms with Crippen LogP contribution in [0.25, 0.3) is 0 Å². The zero-order valence-corrected chi connectivity index (χ0v) is 25.1. The van der Waals surface area contributed by atoms with Crippen LogP contribution in [0.5, 0.6) is 5.75 Å². The first kappa shape index (κ1) is 31.0. The number of hydrogen-bond donors (Lipinski definition) is 5. The van der Waals surface area contributed by atoms with Gasteiger partial charge in [0.15, 0.2) is 11.4 Å². The maximum atomic E-state index is 14.3. The Morgan fingerprint density at radius 1 is 1.14 bits per heavy atom. The third kappa shape index (κ3) is 4.70. The van der Waals surface area contributed by atoms with E-state index in [1.807, 2.05) is 24.8 Å². The molecule has 234 valence electrons. The minimum atomic E-state index is -2.68. The molecule has 1 aliphatic heterocycles. The molecular weight excluding hydrogens is 559 g/mol. The minimum Gasteiger partial charge on any atom is -0.510 e. The highest BCUT2D eigenvalue weighted by Crippen LogP contribution is 2.53. The van der Waals surface area contributed by atoms with Crippen molar-refractivity contribution < 1.29 is 39.2 Å². The molecule has 1 amide bonds. The number of halogens is 1. The van der Waals surface area contributed by atoms with Gasteiger partial charge in [0.05, 0.1) is 11.6 Å². The quantitative estimate of drug-likeness (QED) is 0.292. The highest BCUT2D eigenvalue weighted by molar-refractivity contribution is 6.25. The molecule has 1 saturated heterocycles. The summed E-state index contributed by atoms with van der Waals surface area (Å²) in [6.45, 7) is 6.53. The maximum absolute atomic E-state index is 14.3. The Balaban J connectivity index is 1.68. The van der Waals surface area contributed by atoms with E-state index >= 15 is 0 Å². The van der Waals surface area contributed by atoms with Crippen molar-refractivity contribution in [3.05, 3.63) is 45.4 Å². The van der Waals surface area contributed by atoms with Crippen LogP contribution < -0.4 is 10.6 Å². The van der Waals surface area contributed by atoms with Gasteiger partial charge in [-0.05, 0) is 71.2 Å². The van der Waals surface area contributed by atoms with E-state index in [4.69, 9.17) is 5.73 Å². The molecule has 1 heterocycles. The second-order valence-corrected chi connectivity index (χ2v) is 12.3. The van der Waals surface area contributed by atoms with E-state index in [0.29, 0.717) is 56.7 Å². The van der Waals surface area contributed by atoms with Crippen LogP contribution in [0.1, 0.15) is 54.6 Å². The van der Waals surface area contributed by atoms with Gasteiger partial charge in [0.1, 0.15) is 29.0 Å². The standard InChI is InChI=1S/C31H41FN4O7/c1-5-36(6-2)20-13-16(14-35-9-7-17(32)8-10-35)25(37)22-18(20)11-15-12-19-24(34(3)4)27(39)23(30(33)42)29(41)31(19,43)28(40)21(15)26(22)38/h13,15,17,19,24,37,39-40,43H,5-12,14H2,1-4H3,(H2,33,42)/t15-,19-,24-,31-/m0/s1. The van der Waals surface area contributed by atoms with Crippen molar-refractivity contribution in [2.24, 2.45) is 17.6 Å². The Labute approximate surface area is 250 Å². The number of carbonyl (C=O) groups excluding carboxylic acids is 3. The third-order valence-corrected chi connectivity index (χ3v) is 9.79. The van der Waals surface area contributed by atoms with Crippen LogP contribution in [0.3, 0.4) is 0 Å². The largest absolute Gasteiger partial charge is 0.510 e. The van der Waals surface area contributed by atoms with Crippen molar-refractivity contribution in [2.45, 2.75) is 63.9 Å². The Kier molecular flexibility index (Phi) is 8.08. The van der Waals surface area contributed by atoms with Gasteiger partial charge in [0.25, 0.3) is 5.91 Å². The minimum absolute atomic E-state index is 0.000518. The number of piperidine rings is 1. The maximum Gasteiger partial charge on any atom is 0.255 e. The number of phenols is 1. The number of aliphatic hydroxyl groups excluding tert-OH is 2. The van der Waals surface area contributed by atoms with Gasteiger partial charge in [-0.25, -0.2) is 4.39 Å². The van der Waals surface area contributed by atoms with Crippen LogP contribution in [0.4, 0.5) is 10.1 Å². The number of rotatable bonds is 7. The number of aromatic hydroxyl groups is 1. The zero-order valence-electron chi connectivity index (χ0n) is 25.1. The molecule has 0 radical (unpaired) electrons. The highest BCUT2D eigenvalue weighted by Gasteiger charge is 2.63. The average Bonchev–Trinajstić information content (AvgIpc) is 2.94. The van der Waals surface area contributed by atoms with Crippen molar-refractivity contribution in [1.29, 1.82) is 0 Å². The smallest absolute Gasteiger partial charge is 0.255 e. The molecule has 5 rings (SSSR count). The fraction of sp³-hybridized carbons (Fsp3) is 0.581. The predicted octanol–water partition coefficient (Wildman–Crippen LogP) is 1.90. The number of anilines is 1. The van der Waals surface area contributed by atoms with Gasteiger partial charge in [-0.15, -0.1) is 0 Å². The average molecular weight is 601 g/mol. The number of alkyl halides is 1. The van der Waals surface area contributed by atoms with Crippen LogP contribution >= 0.6 is 0 Å². The molecule has 43 heavy (non-hydrogen) atoms. The van der Waals surface area contributed by atoms with E-state index < -0.39 is 64.2 Å². The van der Waals surface area contributed by atoms with Crippen LogP contribution in [-0.4, -0.2) is 106 Å². The molecule has 0 unspecified atom stereocenters. The summed E-state index contributed by atoms with van der Waals surface area (Å²) in [5.74, 6) is -6.69. The first-order chi connectivity index (χ1) is 20.3. The molecule has 0 bridgehead atoms. The molecule has 11 nitrogen and oxygen atoms in total. The summed E-state index contributed by atoms with van der Waals surface area (Å²) in [6.07, 6.45) is 0.158. The van der Waals surface area contributed by atoms with Gasteiger partial charge in [-0.3, -0.25) is 24.2 Å². The lowest BCUT2D eigenvalue weighted by Crippen LogP contribution is -2.63. The number of carbonyl (C=O) groups is 3. The topological polar surface area (TPSA) is 168 Å². The molecule has 0 spiro atoms. The first-order valence-corrected chi connectivity index (χ1v) is 14.9. The summed E-state index contributed by atoms with van der Waals surface area (Å²) in [5.41, 5.74) is 3.57. The summed E-state index contributed by atoms with van der Waals surface area (Å²) in [4.78, 5) is 45.7. The fourth-order valence-electron chi connectivity index (χ4n) is 7.62. The molecule has 6 N–H and O–H groups in total. The second kappa shape index (κ2) is 11.2. The van der Waals surface area contributed by atoms with E-state index in [9.17, 15) is 39.2 Å². The van der Waals surface area contributed by atoms with Crippen molar-refractivity contribution in [1.82, 2.24) is 9.80 Å². The molecule has 1 fully saturated rings. The number of ketones is 2. The van der Waals surface area contributed by atoms with Crippen LogP contribution in [0.15, 0.2) is 28.7 Å². The molecule has 3 aliphatic carbocycles. The molecule has 1 aromatic carbocycles. The fourth-order valence-corrected chi connectivity index (χ4v) is 7.62. The molecule has 1 aromatic rings. The monoisotopic (exact) mass is 600 g/mol. The predicted molar refractivity (Wildman–Crippen MR) is 157 cm³/mol. The van der Waals surface area contributed by atoms with Crippen molar-refractivity contribution in [2.75, 3.05) is 45.2 Å². The van der Waals surface area contributed by atoms with Crippen molar-refractivity contribution in [3.8, 4) is 5.75 Å². The van der Waals surface area contributed by atoms with E-state index in [1.54, 1.807) is 14.1 Å². The number of amides is 1. The number of nitrogens with zero attached hydrogens (tertiary/aromatic N) is 3. The van der Waals surface area contributed by atoms with Crippen LogP contribution in [-0.2, 0) is 22.6 Å². The number of aliphatic hydroxyl groups is 3. The van der Waals surface area contributed by atoms with E-state index in [1.165, 1.54) is 4.90 Å². The van der Waals surface area contributed by atoms with Crippen molar-refractivity contribution >= 4 is 23.2 Å². The van der Waals surface area contributed by atoms with Gasteiger partial charge in [0, 0.05) is 55.5 Å². The number of primary amides is 1. The van der Waals surface area contributed by atoms with Gasteiger partial charge >= 0.3 is 0 Å². The number of benzene rings is 1. The number of likely N-dealkylation sites (N-methyl/N-ethyl adjacent to an activating group) is 1. The van der Waals surface area contributed by atoms with Crippen LogP contribution in [0, 0.1) is 11.8 Å². The molecule has 12 heteroatoms. The van der Waals surface area contributed by atoms with Gasteiger partial charge in [-0.1, -0.05) is 0 Å². The number of phenolic OH excluding ortho intramolecular Hbond substituents is 1. The Morgan fingerprint density at radius 2 is 1.77 bits per heavy atom. The number of likely N-dealkylation sites (tertiary alicyclic amines) is 1. The SMILES string of the molecule is CCN(CC)c1cc(CN2CCC(F)CC2)c(O)c2c1C[C@H]1C[C@H]3[C@H](N(C)C)C(O)=C(C(N)=O)C(=O)[C@@]3(O)C(O)=C1C2=O. The summed E-state index contributed by atoms with van der Waals surface area (Å²) >= 11 is 0. The molecule has 4 atom stereocenters. The zero-order chi connectivity index (χ0) is 31.5. The van der Waals surface area contributed by atoms with E-state index in [0.717, 1.165) is 5.69 Å². The lowest BCUT2D eigenvalue weighted by molar-refractivity contribution is -0.148. The lowest BCUT2D eigenvalue weighted by atomic mass is 9.58. The Morgan fingerprint density at radius 3 is 2.33 bits per heavy atom. The van der Waals surface area contributed by atoms with Crippen LogP contribution in [0.2, 0.25) is 0 Å². The lowest BCUT2D eigenvalue weighted by Gasteiger charge is -2.50. The number of fused-ring (bicyclic) bond motifs is 3. The van der Waals surface area contributed by atoms with E-state index in [-0.39, 0.29) is 29.7 Å². The number of allylic oxidation sites excluding steroid dienone is 1. The van der Waals surface area contributed by atoms with Gasteiger partial charge in [-0.2, -0.15) is 0 Å². The highest BCUT2D eigenvalue weighted by atomic mass is 19.1. The molecule has 0 saturated carbocycles. The molecule has 4 aliphatic rings. The number of nitrogens with two attached hydrogens (primary N) is 1. The van der Waals surface area contributed by atoms with Crippen molar-refractivity contribution in [3.63, 3.8) is 0 Å². The number of hydrogen-bond acceptors (Lipinski definition) is 10. The second-order valence-electron chi connectivity index (χ2n) is 12.3. The van der Waals surface area contributed by atoms with Gasteiger partial charge < -0.3 is 31.1 Å². The van der Waals surface area contributed by atoms with E-state index in [2.05, 4.69) is 4.90 Å². The van der Waals surface area contributed by atoms with Gasteiger partial charge in [0.2, 0.25) is 5.78 Å². The summed E-state index contributed by atoms with van der Waals surface area (Å²) in [5, 5.41) is 46.0. The number of Topliss-reactive ketones (excluding diaryl/α,β-unsaturated/α-hetero) is 2. The molecule has 0 aromatic heterocycles. The first-order valence-electron chi connectivity index (χ1n) is 14.9. The normalized spacial score (nSPS) is 28.2. The summed E-state index contributed by atoms with van der Waals surface area (Å²) < 4.78 is 13.8.